The molecule has 56 heavy (non-hydrogen) atoms. The van der Waals surface area contributed by atoms with Gasteiger partial charge in [0.25, 0.3) is 0 Å². The zero-order valence-corrected chi connectivity index (χ0v) is 31.2. The Morgan fingerprint density at radius 3 is 1.39 bits per heavy atom. The normalized spacial score (nSPS) is 15.6. The summed E-state index contributed by atoms with van der Waals surface area (Å²) in [5, 5.41) is 2.52. The van der Waals surface area contributed by atoms with Crippen molar-refractivity contribution in [3.05, 3.63) is 222 Å². The molecule has 1 aromatic heterocycles. The zero-order chi connectivity index (χ0) is 37.1. The number of fused-ring (bicyclic) bond motifs is 7. The monoisotopic (exact) mass is 719 g/mol. The van der Waals surface area contributed by atoms with Crippen molar-refractivity contribution in [2.45, 2.75) is 31.1 Å². The van der Waals surface area contributed by atoms with Gasteiger partial charge in [0.1, 0.15) is 0 Å². The highest BCUT2D eigenvalue weighted by Crippen LogP contribution is 2.60. The molecule has 11 rings (SSSR count). The summed E-state index contributed by atoms with van der Waals surface area (Å²) < 4.78 is 2.43. The maximum atomic E-state index is 2.53. The van der Waals surface area contributed by atoms with Crippen LogP contribution < -0.4 is 9.80 Å². The topological polar surface area (TPSA) is 11.4 Å². The van der Waals surface area contributed by atoms with E-state index in [1.807, 2.05) is 0 Å². The molecule has 0 N–H and O–H groups in total. The molecule has 0 bridgehead atoms. The summed E-state index contributed by atoms with van der Waals surface area (Å²) in [5.41, 5.74) is 16.5. The van der Waals surface area contributed by atoms with Crippen LogP contribution in [0.4, 0.5) is 34.1 Å². The van der Waals surface area contributed by atoms with E-state index in [0.29, 0.717) is 0 Å². The smallest absolute Gasteiger partial charge is 0.0561 e. The van der Waals surface area contributed by atoms with Crippen LogP contribution in [0.2, 0.25) is 0 Å². The molecule has 1 spiro atoms. The first-order chi connectivity index (χ1) is 27.8. The average molecular weight is 720 g/mol. The molecule has 1 heterocycles. The van der Waals surface area contributed by atoms with Crippen molar-refractivity contribution in [2.24, 2.45) is 0 Å². The minimum atomic E-state index is -0.143. The van der Waals surface area contributed by atoms with E-state index < -0.39 is 0 Å². The predicted octanol–water partition coefficient (Wildman–Crippen LogP) is 13.9. The fraction of sp³-hybridized carbons (Fsp3) is 0.0943. The third-order valence-electron chi connectivity index (χ3n) is 12.3. The van der Waals surface area contributed by atoms with E-state index in [-0.39, 0.29) is 5.41 Å². The number of para-hydroxylation sites is 5. The fourth-order valence-corrected chi connectivity index (χ4v) is 10.1. The highest BCUT2D eigenvalue weighted by atomic mass is 15.2. The van der Waals surface area contributed by atoms with Gasteiger partial charge in [-0.25, -0.2) is 0 Å². The van der Waals surface area contributed by atoms with Crippen LogP contribution in [0.25, 0.3) is 27.5 Å². The van der Waals surface area contributed by atoms with Gasteiger partial charge >= 0.3 is 0 Å². The molecular formula is C53H41N3. The molecule has 0 unspecified atom stereocenters. The van der Waals surface area contributed by atoms with Crippen LogP contribution in [-0.4, -0.2) is 4.57 Å². The molecule has 2 aliphatic rings. The molecule has 3 nitrogen and oxygen atoms in total. The summed E-state index contributed by atoms with van der Waals surface area (Å²) in [6.07, 6.45) is 4.29. The maximum Gasteiger partial charge on any atom is 0.0561 e. The van der Waals surface area contributed by atoms with Crippen molar-refractivity contribution in [3.8, 4) is 5.69 Å². The molecule has 9 aromatic rings. The van der Waals surface area contributed by atoms with E-state index in [0.717, 1.165) is 42.7 Å². The molecule has 0 aliphatic heterocycles. The minimum absolute atomic E-state index is 0.143. The standard InChI is InChI=1S/C53H41N3/c1-5-19-40(20-6-1)54(41-21-7-2-8-22-41)48-29-15-17-38-33-35-53(51(38)48)36-34-39-18-16-30-49(52(39)53)55(42-23-9-3-10-24-42)44-31-32-46-45-27-13-14-28-47(45)56(50(46)37-44)43-25-11-4-12-26-43/h1-32,37H,33-36H2/t53-/m1/s1. The van der Waals surface area contributed by atoms with Gasteiger partial charge in [0.05, 0.1) is 22.4 Å². The second kappa shape index (κ2) is 13.2. The molecule has 0 saturated heterocycles. The van der Waals surface area contributed by atoms with Crippen molar-refractivity contribution in [1.82, 2.24) is 4.57 Å². The Morgan fingerprint density at radius 2 is 0.839 bits per heavy atom. The first kappa shape index (κ1) is 32.6. The Labute approximate surface area is 328 Å². The van der Waals surface area contributed by atoms with Crippen LogP contribution in [0.15, 0.2) is 200 Å². The first-order valence-electron chi connectivity index (χ1n) is 19.9. The number of aryl methyl sites for hydroxylation is 2. The van der Waals surface area contributed by atoms with Crippen LogP contribution in [0.1, 0.15) is 35.1 Å². The first-order valence-corrected chi connectivity index (χ1v) is 19.9. The van der Waals surface area contributed by atoms with E-state index in [2.05, 4.69) is 215 Å². The van der Waals surface area contributed by atoms with E-state index in [9.17, 15) is 0 Å². The lowest BCUT2D eigenvalue weighted by Gasteiger charge is -2.37. The largest absolute Gasteiger partial charge is 0.310 e. The second-order valence-corrected chi connectivity index (χ2v) is 15.3. The number of anilines is 6. The van der Waals surface area contributed by atoms with Gasteiger partial charge in [-0.1, -0.05) is 121 Å². The molecule has 0 fully saturated rings. The van der Waals surface area contributed by atoms with Gasteiger partial charge in [-0.05, 0) is 127 Å². The lowest BCUT2D eigenvalue weighted by atomic mass is 9.74. The van der Waals surface area contributed by atoms with Crippen molar-refractivity contribution in [1.29, 1.82) is 0 Å². The molecule has 0 saturated carbocycles. The van der Waals surface area contributed by atoms with E-state index >= 15 is 0 Å². The molecule has 0 amide bonds. The van der Waals surface area contributed by atoms with Crippen LogP contribution in [-0.2, 0) is 18.3 Å². The van der Waals surface area contributed by atoms with Crippen molar-refractivity contribution < 1.29 is 0 Å². The molecule has 3 heteroatoms. The summed E-state index contributed by atoms with van der Waals surface area (Å²) in [4.78, 5) is 5.02. The average Bonchev–Trinajstić information content (AvgIpc) is 3.95. The molecule has 268 valence electrons. The summed E-state index contributed by atoms with van der Waals surface area (Å²) in [7, 11) is 0. The van der Waals surface area contributed by atoms with E-state index in [4.69, 9.17) is 0 Å². The van der Waals surface area contributed by atoms with Crippen LogP contribution in [0.3, 0.4) is 0 Å². The van der Waals surface area contributed by atoms with Gasteiger partial charge in [-0.2, -0.15) is 0 Å². The summed E-state index contributed by atoms with van der Waals surface area (Å²) in [5.74, 6) is 0. The van der Waals surface area contributed by atoms with Gasteiger partial charge in [-0.3, -0.25) is 0 Å². The summed E-state index contributed by atoms with van der Waals surface area (Å²) in [6, 6.07) is 73.5. The predicted molar refractivity (Wildman–Crippen MR) is 234 cm³/mol. The SMILES string of the molecule is c1ccc(N(c2ccccc2)c2cccc3c2[C@@]2(CC3)CCc3cccc(N(c4ccccc4)c4ccc5c6ccccc6n(-c6ccccc6)c5c4)c32)cc1. The van der Waals surface area contributed by atoms with Crippen LogP contribution in [0.5, 0.6) is 0 Å². The Morgan fingerprint density at radius 1 is 0.375 bits per heavy atom. The number of nitrogens with zero attached hydrogens (tertiary/aromatic N) is 3. The summed E-state index contributed by atoms with van der Waals surface area (Å²) >= 11 is 0. The van der Waals surface area contributed by atoms with Crippen LogP contribution >= 0.6 is 0 Å². The molecular weight excluding hydrogens is 679 g/mol. The Hall–Kier alpha value is -6.84. The van der Waals surface area contributed by atoms with Gasteiger partial charge in [-0.15, -0.1) is 0 Å². The third kappa shape index (κ3) is 5.04. The number of aromatic nitrogens is 1. The number of benzene rings is 8. The molecule has 0 radical (unpaired) electrons. The van der Waals surface area contributed by atoms with Gasteiger partial charge in [0.2, 0.25) is 0 Å². The van der Waals surface area contributed by atoms with Crippen molar-refractivity contribution in [2.75, 3.05) is 9.80 Å². The maximum absolute atomic E-state index is 2.53. The zero-order valence-electron chi connectivity index (χ0n) is 31.2. The Kier molecular flexibility index (Phi) is 7.67. The minimum Gasteiger partial charge on any atom is -0.310 e. The van der Waals surface area contributed by atoms with Gasteiger partial charge in [0, 0.05) is 44.6 Å². The highest BCUT2D eigenvalue weighted by Gasteiger charge is 2.49. The third-order valence-corrected chi connectivity index (χ3v) is 12.3. The Bertz CT molecular complexity index is 2820. The Balaban J connectivity index is 1.15. The van der Waals surface area contributed by atoms with E-state index in [1.54, 1.807) is 0 Å². The summed E-state index contributed by atoms with van der Waals surface area (Å²) in [6.45, 7) is 0. The molecule has 8 aromatic carbocycles. The van der Waals surface area contributed by atoms with Gasteiger partial charge in [0.15, 0.2) is 0 Å². The van der Waals surface area contributed by atoms with Gasteiger partial charge < -0.3 is 14.4 Å². The molecule has 2 aliphatic carbocycles. The fourth-order valence-electron chi connectivity index (χ4n) is 10.1. The second-order valence-electron chi connectivity index (χ2n) is 15.3. The number of hydrogen-bond donors (Lipinski definition) is 0. The number of hydrogen-bond acceptors (Lipinski definition) is 2. The lowest BCUT2D eigenvalue weighted by Crippen LogP contribution is -2.27. The number of rotatable bonds is 7. The highest BCUT2D eigenvalue weighted by molar-refractivity contribution is 6.10. The lowest BCUT2D eigenvalue weighted by molar-refractivity contribution is 0.508. The molecule has 1 atom stereocenters. The van der Waals surface area contributed by atoms with Crippen LogP contribution in [0, 0.1) is 0 Å². The van der Waals surface area contributed by atoms with Crippen molar-refractivity contribution >= 4 is 55.9 Å². The van der Waals surface area contributed by atoms with E-state index in [1.165, 1.54) is 66.8 Å². The van der Waals surface area contributed by atoms with Crippen molar-refractivity contribution in [3.63, 3.8) is 0 Å². The quantitative estimate of drug-likeness (QED) is 0.162.